The van der Waals surface area contributed by atoms with E-state index in [1.807, 2.05) is 18.2 Å². The van der Waals surface area contributed by atoms with E-state index in [2.05, 4.69) is 89.6 Å². The normalized spacial score (nSPS) is 16.2. The first-order chi connectivity index (χ1) is 12.8. The summed E-state index contributed by atoms with van der Waals surface area (Å²) in [4.78, 5) is 4.88. The number of hydrogen-bond acceptors (Lipinski definition) is 2. The number of ether oxygens (including phenoxy) is 1. The molecule has 2 nitrogen and oxygen atoms in total. The molecule has 0 spiro atoms. The molecule has 0 radical (unpaired) electrons. The van der Waals surface area contributed by atoms with E-state index in [0.717, 1.165) is 34.7 Å². The van der Waals surface area contributed by atoms with Crippen molar-refractivity contribution in [3.8, 4) is 0 Å². The lowest BCUT2D eigenvalue weighted by Crippen LogP contribution is -2.39. The van der Waals surface area contributed by atoms with Gasteiger partial charge in [-0.3, -0.25) is 0 Å². The number of aliphatic imine (C=N–C) groups is 1. The van der Waals surface area contributed by atoms with Crippen LogP contribution in [0.2, 0.25) is 0 Å². The molecule has 0 amide bonds. The van der Waals surface area contributed by atoms with E-state index in [0.29, 0.717) is 0 Å². The first-order valence-electron chi connectivity index (χ1n) is 8.88. The third-order valence-electron chi connectivity index (χ3n) is 4.76. The van der Waals surface area contributed by atoms with Crippen LogP contribution in [-0.4, -0.2) is 10.7 Å². The van der Waals surface area contributed by atoms with Crippen LogP contribution in [0.5, 0.6) is 0 Å². The zero-order chi connectivity index (χ0) is 18.0. The quantitative estimate of drug-likeness (QED) is 0.472. The van der Waals surface area contributed by atoms with E-state index in [9.17, 15) is 0 Å². The number of alkyl halides is 1. The highest BCUT2D eigenvalue weighted by Crippen LogP contribution is 2.47. The fraction of sp³-hybridized carbons (Fsp3) is 0.174. The summed E-state index contributed by atoms with van der Waals surface area (Å²) in [6.07, 6.45) is 0.903. The molecule has 0 saturated heterocycles. The van der Waals surface area contributed by atoms with Crippen LogP contribution >= 0.6 is 15.9 Å². The van der Waals surface area contributed by atoms with Crippen molar-refractivity contribution in [2.24, 2.45) is 4.99 Å². The molecular formula is C23H20BrNO. The third-order valence-corrected chi connectivity index (χ3v) is 5.80. The van der Waals surface area contributed by atoms with Crippen molar-refractivity contribution >= 4 is 27.5 Å². The van der Waals surface area contributed by atoms with Gasteiger partial charge in [0.25, 0.3) is 0 Å². The van der Waals surface area contributed by atoms with E-state index >= 15 is 0 Å². The Bertz CT molecular complexity index is 882. The maximum Gasteiger partial charge on any atom is 0.204 e. The molecule has 4 rings (SSSR count). The summed E-state index contributed by atoms with van der Waals surface area (Å²) in [5, 5.41) is 0. The predicted octanol–water partition coefficient (Wildman–Crippen LogP) is 6.21. The second-order valence-electron chi connectivity index (χ2n) is 6.36. The Morgan fingerprint density at radius 3 is 1.96 bits per heavy atom. The molecule has 3 aromatic rings. The zero-order valence-corrected chi connectivity index (χ0v) is 16.2. The van der Waals surface area contributed by atoms with E-state index in [1.165, 1.54) is 0 Å². The van der Waals surface area contributed by atoms with Crippen LogP contribution in [0.1, 0.15) is 30.0 Å². The largest absolute Gasteiger partial charge is 0.459 e. The Kier molecular flexibility index (Phi) is 4.64. The van der Waals surface area contributed by atoms with E-state index in [4.69, 9.17) is 9.73 Å². The summed E-state index contributed by atoms with van der Waals surface area (Å²) in [7, 11) is 0. The number of benzene rings is 3. The van der Waals surface area contributed by atoms with Gasteiger partial charge < -0.3 is 4.74 Å². The Labute approximate surface area is 162 Å². The van der Waals surface area contributed by atoms with Crippen LogP contribution in [-0.2, 0) is 10.3 Å². The average molecular weight is 406 g/mol. The minimum atomic E-state index is -0.711. The first-order valence-corrected chi connectivity index (χ1v) is 9.79. The number of fused-ring (bicyclic) bond motifs is 1. The van der Waals surface area contributed by atoms with Crippen molar-refractivity contribution in [3.63, 3.8) is 0 Å². The average Bonchev–Trinajstić information content (AvgIpc) is 2.73. The van der Waals surface area contributed by atoms with E-state index in [-0.39, 0.29) is 4.83 Å². The molecule has 3 aromatic carbocycles. The van der Waals surface area contributed by atoms with Gasteiger partial charge in [0.15, 0.2) is 5.60 Å². The summed E-state index contributed by atoms with van der Waals surface area (Å²) in [5.41, 5.74) is 3.51. The van der Waals surface area contributed by atoms with Crippen LogP contribution in [0.4, 0.5) is 5.69 Å². The Hall–Kier alpha value is -2.39. The predicted molar refractivity (Wildman–Crippen MR) is 110 cm³/mol. The number of halogens is 1. The molecule has 0 N–H and O–H groups in total. The van der Waals surface area contributed by atoms with Crippen molar-refractivity contribution in [1.29, 1.82) is 0 Å². The maximum absolute atomic E-state index is 6.73. The highest BCUT2D eigenvalue weighted by molar-refractivity contribution is 9.10. The van der Waals surface area contributed by atoms with Crippen LogP contribution in [0.3, 0.4) is 0 Å². The van der Waals surface area contributed by atoms with Crippen LogP contribution in [0, 0.1) is 0 Å². The molecule has 130 valence electrons. The van der Waals surface area contributed by atoms with Gasteiger partial charge in [-0.25, -0.2) is 4.99 Å². The summed E-state index contributed by atoms with van der Waals surface area (Å²) in [6, 6.07) is 29.1. The summed E-state index contributed by atoms with van der Waals surface area (Å²) < 4.78 is 6.73. The van der Waals surface area contributed by atoms with Gasteiger partial charge in [0.1, 0.15) is 0 Å². The number of nitrogens with zero attached hydrogens (tertiary/aromatic N) is 1. The monoisotopic (exact) mass is 405 g/mol. The lowest BCUT2D eigenvalue weighted by Gasteiger charge is -2.40. The van der Waals surface area contributed by atoms with Gasteiger partial charge in [-0.1, -0.05) is 102 Å². The molecule has 3 heteroatoms. The smallest absolute Gasteiger partial charge is 0.204 e. The Balaban J connectivity index is 2.04. The molecule has 0 aliphatic carbocycles. The molecule has 0 saturated carbocycles. The highest BCUT2D eigenvalue weighted by Gasteiger charge is 2.44. The summed E-state index contributed by atoms with van der Waals surface area (Å²) >= 11 is 3.73. The Morgan fingerprint density at radius 2 is 1.38 bits per heavy atom. The van der Waals surface area contributed by atoms with Crippen LogP contribution < -0.4 is 0 Å². The van der Waals surface area contributed by atoms with Gasteiger partial charge in [-0.2, -0.15) is 0 Å². The number of hydrogen-bond donors (Lipinski definition) is 0. The lowest BCUT2D eigenvalue weighted by atomic mass is 9.78. The van der Waals surface area contributed by atoms with Gasteiger partial charge in [-0.15, -0.1) is 0 Å². The molecular weight excluding hydrogens is 386 g/mol. The van der Waals surface area contributed by atoms with Gasteiger partial charge in [-0.05, 0) is 12.5 Å². The molecule has 0 fully saturated rings. The molecule has 1 atom stereocenters. The molecule has 1 aliphatic heterocycles. The standard InChI is InChI=1S/C23H20BrNO/c1-2-20(24)22-25-21-16-10-9-15-19(21)23(26-22,17-11-5-3-6-12-17)18-13-7-4-8-14-18/h3-16,20H,2H2,1H3/t20-/m1/s1. The van der Waals surface area contributed by atoms with Gasteiger partial charge in [0, 0.05) is 16.7 Å². The molecule has 0 aromatic heterocycles. The van der Waals surface area contributed by atoms with Crippen LogP contribution in [0.25, 0.3) is 0 Å². The fourth-order valence-electron chi connectivity index (χ4n) is 3.47. The highest BCUT2D eigenvalue weighted by atomic mass is 79.9. The van der Waals surface area contributed by atoms with Crippen molar-refractivity contribution < 1.29 is 4.74 Å². The fourth-order valence-corrected chi connectivity index (χ4v) is 3.67. The summed E-state index contributed by atoms with van der Waals surface area (Å²) in [6.45, 7) is 2.12. The van der Waals surface area contributed by atoms with Gasteiger partial charge in [0.05, 0.1) is 10.5 Å². The first kappa shape index (κ1) is 17.0. The molecule has 1 heterocycles. The zero-order valence-electron chi connectivity index (χ0n) is 14.6. The van der Waals surface area contributed by atoms with Crippen molar-refractivity contribution in [3.05, 3.63) is 102 Å². The molecule has 1 aliphatic rings. The Morgan fingerprint density at radius 1 is 0.846 bits per heavy atom. The topological polar surface area (TPSA) is 21.6 Å². The van der Waals surface area contributed by atoms with E-state index in [1.54, 1.807) is 0 Å². The van der Waals surface area contributed by atoms with Gasteiger partial charge >= 0.3 is 0 Å². The van der Waals surface area contributed by atoms with Gasteiger partial charge in [0.2, 0.25) is 5.90 Å². The van der Waals surface area contributed by atoms with Crippen molar-refractivity contribution in [2.45, 2.75) is 23.8 Å². The molecule has 0 bridgehead atoms. The SMILES string of the molecule is CC[C@@H](Br)C1=Nc2ccccc2C(c2ccccc2)(c2ccccc2)O1. The number of rotatable bonds is 4. The van der Waals surface area contributed by atoms with Crippen molar-refractivity contribution in [1.82, 2.24) is 0 Å². The maximum atomic E-state index is 6.73. The summed E-state index contributed by atoms with van der Waals surface area (Å²) in [5.74, 6) is 0.721. The lowest BCUT2D eigenvalue weighted by molar-refractivity contribution is 0.132. The van der Waals surface area contributed by atoms with E-state index < -0.39 is 5.60 Å². The van der Waals surface area contributed by atoms with Crippen molar-refractivity contribution in [2.75, 3.05) is 0 Å². The van der Waals surface area contributed by atoms with Crippen LogP contribution in [0.15, 0.2) is 89.9 Å². The second-order valence-corrected chi connectivity index (χ2v) is 7.46. The minimum absolute atomic E-state index is 0.0719. The molecule has 26 heavy (non-hydrogen) atoms. The molecule has 0 unspecified atom stereocenters. The second kappa shape index (κ2) is 7.08. The third kappa shape index (κ3) is 2.77. The number of para-hydroxylation sites is 1. The minimum Gasteiger partial charge on any atom is -0.459 e.